The van der Waals surface area contributed by atoms with Crippen molar-refractivity contribution in [2.45, 2.75) is 0 Å². The van der Waals surface area contributed by atoms with Gasteiger partial charge in [-0.2, -0.15) is 0 Å². The summed E-state index contributed by atoms with van der Waals surface area (Å²) in [6, 6.07) is 31.3. The zero-order chi connectivity index (χ0) is 21.8. The van der Waals surface area contributed by atoms with Crippen molar-refractivity contribution in [1.29, 1.82) is 0 Å². The average molecular weight is 458 g/mol. The minimum atomic E-state index is -3.01. The summed E-state index contributed by atoms with van der Waals surface area (Å²) in [5, 5.41) is 5.32. The Kier molecular flexibility index (Phi) is 6.30. The summed E-state index contributed by atoms with van der Waals surface area (Å²) < 4.78 is 28.2. The molecule has 0 aliphatic heterocycles. The van der Waals surface area contributed by atoms with E-state index in [-0.39, 0.29) is 8.46 Å². The minimum absolute atomic E-state index is 0.00857. The lowest BCUT2D eigenvalue weighted by Crippen LogP contribution is -2.24. The molecule has 5 rings (SSSR count). The zero-order valence-electron chi connectivity index (χ0n) is 16.8. The van der Waals surface area contributed by atoms with Crippen molar-refractivity contribution in [2.24, 2.45) is 0 Å². The van der Waals surface area contributed by atoms with E-state index in [4.69, 9.17) is 0 Å². The van der Waals surface area contributed by atoms with Crippen LogP contribution in [0.1, 0.15) is 0 Å². The van der Waals surface area contributed by atoms with Crippen molar-refractivity contribution in [3.8, 4) is 0 Å². The molecule has 0 aliphatic rings. The molecule has 0 N–H and O–H groups in total. The molecular formula is C26H20O2P2S. The average Bonchev–Trinajstić information content (AvgIpc) is 3.23. The Bertz CT molecular complexity index is 1370. The molecule has 0 atom stereocenters. The summed E-state index contributed by atoms with van der Waals surface area (Å²) in [4.78, 5) is 0. The van der Waals surface area contributed by atoms with Gasteiger partial charge in [0.05, 0.1) is 0 Å². The van der Waals surface area contributed by atoms with E-state index in [1.165, 1.54) is 0 Å². The predicted molar refractivity (Wildman–Crippen MR) is 137 cm³/mol. The zero-order valence-corrected chi connectivity index (χ0v) is 19.4. The van der Waals surface area contributed by atoms with Crippen molar-refractivity contribution in [1.82, 2.24) is 0 Å². The second-order valence-corrected chi connectivity index (χ2v) is 11.4. The SMILES string of the molecule is C=C.O=Pc1ccc2sc3ccc(P(=O)(c4ccccc4)c4ccccc4)cc3c2c1. The van der Waals surface area contributed by atoms with Gasteiger partial charge in [-0.15, -0.1) is 24.5 Å². The van der Waals surface area contributed by atoms with E-state index in [9.17, 15) is 9.13 Å². The number of thiophene rings is 1. The summed E-state index contributed by atoms with van der Waals surface area (Å²) in [7, 11) is -3.00. The maximum absolute atomic E-state index is 14.6. The fourth-order valence-electron chi connectivity index (χ4n) is 3.73. The number of fused-ring (bicyclic) bond motifs is 3. The van der Waals surface area contributed by atoms with Crippen LogP contribution in [-0.2, 0) is 9.13 Å². The topological polar surface area (TPSA) is 34.1 Å². The Morgan fingerprint density at radius 1 is 0.645 bits per heavy atom. The molecule has 152 valence electrons. The molecular weight excluding hydrogens is 438 g/mol. The van der Waals surface area contributed by atoms with Crippen molar-refractivity contribution >= 4 is 68.3 Å². The highest BCUT2D eigenvalue weighted by Crippen LogP contribution is 2.44. The molecule has 0 saturated carbocycles. The number of rotatable bonds is 4. The molecule has 5 aromatic rings. The third-order valence-electron chi connectivity index (χ3n) is 5.15. The van der Waals surface area contributed by atoms with Gasteiger partial charge in [0.25, 0.3) is 0 Å². The molecule has 0 fully saturated rings. The molecule has 5 heteroatoms. The first-order valence-electron chi connectivity index (χ1n) is 9.72. The molecule has 1 heterocycles. The number of hydrogen-bond acceptors (Lipinski definition) is 3. The first-order valence-corrected chi connectivity index (χ1v) is 13.1. The fraction of sp³-hybridized carbons (Fsp3) is 0. The van der Waals surface area contributed by atoms with Crippen molar-refractivity contribution < 1.29 is 9.13 Å². The fourth-order valence-corrected chi connectivity index (χ4v) is 7.79. The molecule has 0 spiro atoms. The van der Waals surface area contributed by atoms with E-state index in [0.717, 1.165) is 41.4 Å². The van der Waals surface area contributed by atoms with E-state index in [2.05, 4.69) is 25.3 Å². The molecule has 0 aliphatic carbocycles. The van der Waals surface area contributed by atoms with Crippen LogP contribution in [0.4, 0.5) is 0 Å². The van der Waals surface area contributed by atoms with Crippen LogP contribution in [0.25, 0.3) is 20.2 Å². The third-order valence-corrected chi connectivity index (χ3v) is 9.84. The van der Waals surface area contributed by atoms with Crippen molar-refractivity contribution in [3.05, 3.63) is 110 Å². The van der Waals surface area contributed by atoms with Gasteiger partial charge in [-0.1, -0.05) is 60.7 Å². The molecule has 31 heavy (non-hydrogen) atoms. The van der Waals surface area contributed by atoms with Gasteiger partial charge in [0, 0.05) is 41.4 Å². The molecule has 0 amide bonds. The molecule has 1 aromatic heterocycles. The second kappa shape index (κ2) is 9.12. The highest BCUT2D eigenvalue weighted by Gasteiger charge is 2.30. The van der Waals surface area contributed by atoms with Gasteiger partial charge in [0.15, 0.2) is 15.6 Å². The monoisotopic (exact) mass is 458 g/mol. The highest BCUT2D eigenvalue weighted by molar-refractivity contribution is 7.85. The summed E-state index contributed by atoms with van der Waals surface area (Å²) in [6.07, 6.45) is 0. The molecule has 4 aromatic carbocycles. The van der Waals surface area contributed by atoms with E-state index in [1.807, 2.05) is 84.9 Å². The van der Waals surface area contributed by atoms with Crippen LogP contribution in [0.15, 0.2) is 110 Å². The minimum Gasteiger partial charge on any atom is -0.309 e. The van der Waals surface area contributed by atoms with Gasteiger partial charge in [0.1, 0.15) is 0 Å². The van der Waals surface area contributed by atoms with Gasteiger partial charge in [-0.25, -0.2) is 0 Å². The van der Waals surface area contributed by atoms with Crippen LogP contribution in [0.3, 0.4) is 0 Å². The van der Waals surface area contributed by atoms with Gasteiger partial charge in [-0.05, 0) is 36.4 Å². The standard InChI is InChI=1S/C24H16O2P2S.C2H4/c25-27-17-11-13-23-21(15-17)22-16-20(12-14-24(22)29-23)28(26,18-7-3-1-4-8-18)19-9-5-2-6-10-19;1-2/h1-16H;1-2H2. The molecule has 0 unspecified atom stereocenters. The number of hydrogen-bond donors (Lipinski definition) is 0. The second-order valence-electron chi connectivity index (χ2n) is 6.83. The van der Waals surface area contributed by atoms with Gasteiger partial charge in [0.2, 0.25) is 0 Å². The Morgan fingerprint density at radius 2 is 1.16 bits per heavy atom. The Hall–Kier alpha value is -2.83. The van der Waals surface area contributed by atoms with Crippen LogP contribution >= 0.6 is 26.9 Å². The van der Waals surface area contributed by atoms with E-state index in [1.54, 1.807) is 11.3 Å². The van der Waals surface area contributed by atoms with Gasteiger partial charge >= 0.3 is 0 Å². The molecule has 0 bridgehead atoms. The normalized spacial score (nSPS) is 11.4. The molecule has 2 nitrogen and oxygen atoms in total. The quantitative estimate of drug-likeness (QED) is 0.230. The summed E-state index contributed by atoms with van der Waals surface area (Å²) in [5.74, 6) is 0. The summed E-state index contributed by atoms with van der Waals surface area (Å²) >= 11 is 1.70. The van der Waals surface area contributed by atoms with Crippen molar-refractivity contribution in [2.75, 3.05) is 0 Å². The summed E-state index contributed by atoms with van der Waals surface area (Å²) in [5.41, 5.74) is 0. The summed E-state index contributed by atoms with van der Waals surface area (Å²) in [6.45, 7) is 6.00. The lowest BCUT2D eigenvalue weighted by Gasteiger charge is -2.20. The van der Waals surface area contributed by atoms with Gasteiger partial charge < -0.3 is 4.57 Å². The smallest absolute Gasteiger partial charge is 0.192 e. The lowest BCUT2D eigenvalue weighted by atomic mass is 10.1. The van der Waals surface area contributed by atoms with Crippen LogP contribution in [0.2, 0.25) is 0 Å². The van der Waals surface area contributed by atoms with E-state index >= 15 is 0 Å². The van der Waals surface area contributed by atoms with Gasteiger partial charge in [-0.3, -0.25) is 4.57 Å². The van der Waals surface area contributed by atoms with E-state index < -0.39 is 7.14 Å². The Labute approximate surface area is 187 Å². The largest absolute Gasteiger partial charge is 0.309 e. The molecule has 0 saturated heterocycles. The van der Waals surface area contributed by atoms with Crippen LogP contribution in [0.5, 0.6) is 0 Å². The maximum Gasteiger partial charge on any atom is 0.192 e. The number of benzene rings is 4. The Morgan fingerprint density at radius 3 is 1.71 bits per heavy atom. The first kappa shape index (κ1) is 21.4. The molecule has 0 radical (unpaired) electrons. The first-order chi connectivity index (χ1) is 15.2. The van der Waals surface area contributed by atoms with Crippen LogP contribution < -0.4 is 21.2 Å². The predicted octanol–water partition coefficient (Wildman–Crippen LogP) is 6.41. The van der Waals surface area contributed by atoms with Crippen LogP contribution in [0, 0.1) is 0 Å². The van der Waals surface area contributed by atoms with E-state index in [0.29, 0.717) is 0 Å². The van der Waals surface area contributed by atoms with Crippen LogP contribution in [-0.4, -0.2) is 0 Å². The third kappa shape index (κ3) is 3.82. The maximum atomic E-state index is 14.6. The highest BCUT2D eigenvalue weighted by atomic mass is 32.1. The lowest BCUT2D eigenvalue weighted by molar-refractivity contribution is 0.592. The Balaban J connectivity index is 0.00000112. The van der Waals surface area contributed by atoms with Crippen molar-refractivity contribution in [3.63, 3.8) is 0 Å².